The van der Waals surface area contributed by atoms with Gasteiger partial charge in [-0.1, -0.05) is 68.1 Å². The second-order valence-electron chi connectivity index (χ2n) is 6.96. The van der Waals surface area contributed by atoms with Crippen LogP contribution in [0.3, 0.4) is 0 Å². The first kappa shape index (κ1) is 19.3. The van der Waals surface area contributed by atoms with Crippen LogP contribution in [0.15, 0.2) is 53.6 Å². The van der Waals surface area contributed by atoms with Gasteiger partial charge in [0.25, 0.3) is 5.95 Å². The van der Waals surface area contributed by atoms with Crippen molar-refractivity contribution in [2.45, 2.75) is 39.2 Å². The molecule has 0 amide bonds. The highest BCUT2D eigenvalue weighted by atomic mass is 35.5. The number of hydrazone groups is 1. The lowest BCUT2D eigenvalue weighted by atomic mass is 10.2. The third-order valence-corrected chi connectivity index (χ3v) is 5.07. The van der Waals surface area contributed by atoms with Gasteiger partial charge in [0.1, 0.15) is 5.52 Å². The summed E-state index contributed by atoms with van der Waals surface area (Å²) in [5, 5.41) is 14.6. The molecule has 0 fully saturated rings. The maximum atomic E-state index is 6.00. The van der Waals surface area contributed by atoms with Crippen molar-refractivity contribution in [1.29, 1.82) is 0 Å². The van der Waals surface area contributed by atoms with Crippen molar-refractivity contribution in [2.75, 3.05) is 5.43 Å². The fourth-order valence-corrected chi connectivity index (χ4v) is 3.62. The summed E-state index contributed by atoms with van der Waals surface area (Å²) in [5.74, 6) is 0.369. The molecule has 4 aromatic rings. The van der Waals surface area contributed by atoms with Crippen LogP contribution in [0, 0.1) is 0 Å². The van der Waals surface area contributed by atoms with E-state index in [4.69, 9.17) is 16.6 Å². The Bertz CT molecular complexity index is 1150. The van der Waals surface area contributed by atoms with E-state index >= 15 is 0 Å². The average molecular weight is 407 g/mol. The Hall–Kier alpha value is -2.99. The van der Waals surface area contributed by atoms with Gasteiger partial charge in [0.2, 0.25) is 0 Å². The van der Waals surface area contributed by atoms with Crippen molar-refractivity contribution in [3.05, 3.63) is 59.1 Å². The first-order valence-corrected chi connectivity index (χ1v) is 10.3. The van der Waals surface area contributed by atoms with E-state index in [2.05, 4.69) is 44.3 Å². The van der Waals surface area contributed by atoms with Crippen LogP contribution in [0.1, 0.15) is 38.2 Å². The van der Waals surface area contributed by atoms with Gasteiger partial charge in [-0.2, -0.15) is 10.1 Å². The standard InChI is InChI=1S/C22H23ClN6/c1-2-3-4-7-13-29-19-12-6-5-11-18(19)20-21(29)25-22(28-26-20)27-24-15-16-9-8-10-17(23)14-16/h5-6,8-12,14-15H,2-4,7,13H2,1H3,(H,25,27,28)/b24-15+. The van der Waals surface area contributed by atoms with E-state index in [0.717, 1.165) is 40.6 Å². The van der Waals surface area contributed by atoms with Gasteiger partial charge >= 0.3 is 0 Å². The van der Waals surface area contributed by atoms with Crippen molar-refractivity contribution in [3.63, 3.8) is 0 Å². The summed E-state index contributed by atoms with van der Waals surface area (Å²) >= 11 is 6.00. The Morgan fingerprint density at radius 1 is 1.07 bits per heavy atom. The summed E-state index contributed by atoms with van der Waals surface area (Å²) in [6.07, 6.45) is 6.46. The molecule has 0 saturated carbocycles. The number of unbranched alkanes of at least 4 members (excludes halogenated alkanes) is 3. The molecule has 7 heteroatoms. The van der Waals surface area contributed by atoms with E-state index < -0.39 is 0 Å². The van der Waals surface area contributed by atoms with Gasteiger partial charge in [0.05, 0.1) is 11.7 Å². The third kappa shape index (κ3) is 4.38. The zero-order chi connectivity index (χ0) is 20.1. The van der Waals surface area contributed by atoms with Crippen LogP contribution in [0.25, 0.3) is 22.1 Å². The van der Waals surface area contributed by atoms with E-state index in [-0.39, 0.29) is 0 Å². The lowest BCUT2D eigenvalue weighted by molar-refractivity contribution is 0.600. The summed E-state index contributed by atoms with van der Waals surface area (Å²) in [6, 6.07) is 15.7. The van der Waals surface area contributed by atoms with Gasteiger partial charge in [0, 0.05) is 17.0 Å². The maximum absolute atomic E-state index is 6.00. The fraction of sp³-hybridized carbons (Fsp3) is 0.273. The number of nitrogens with one attached hydrogen (secondary N) is 1. The van der Waals surface area contributed by atoms with Crippen LogP contribution in [-0.2, 0) is 6.54 Å². The number of halogens is 1. The van der Waals surface area contributed by atoms with Crippen LogP contribution < -0.4 is 5.43 Å². The van der Waals surface area contributed by atoms with E-state index in [9.17, 15) is 0 Å². The molecule has 0 spiro atoms. The quantitative estimate of drug-likeness (QED) is 0.233. The first-order valence-electron chi connectivity index (χ1n) is 9.92. The topological polar surface area (TPSA) is 68.0 Å². The minimum atomic E-state index is 0.369. The number of para-hydroxylation sites is 1. The third-order valence-electron chi connectivity index (χ3n) is 4.84. The van der Waals surface area contributed by atoms with Gasteiger partial charge < -0.3 is 4.57 Å². The van der Waals surface area contributed by atoms with Gasteiger partial charge in [-0.15, -0.1) is 10.2 Å². The molecular formula is C22H23ClN6. The molecule has 0 atom stereocenters. The number of fused-ring (bicyclic) bond motifs is 3. The Morgan fingerprint density at radius 2 is 1.97 bits per heavy atom. The zero-order valence-corrected chi connectivity index (χ0v) is 17.1. The SMILES string of the molecule is CCCCCCn1c2ccccc2c2nnc(N/N=C/c3cccc(Cl)c3)nc21. The second-order valence-corrected chi connectivity index (χ2v) is 7.40. The van der Waals surface area contributed by atoms with E-state index in [1.807, 2.05) is 36.4 Å². The molecule has 6 nitrogen and oxygen atoms in total. The van der Waals surface area contributed by atoms with Crippen molar-refractivity contribution in [3.8, 4) is 0 Å². The largest absolute Gasteiger partial charge is 0.324 e. The number of nitrogens with zero attached hydrogens (tertiary/aromatic N) is 5. The monoisotopic (exact) mass is 406 g/mol. The van der Waals surface area contributed by atoms with E-state index in [1.54, 1.807) is 6.21 Å². The van der Waals surface area contributed by atoms with Crippen LogP contribution in [0.4, 0.5) is 5.95 Å². The summed E-state index contributed by atoms with van der Waals surface area (Å²) in [7, 11) is 0. The number of hydrogen-bond acceptors (Lipinski definition) is 5. The zero-order valence-electron chi connectivity index (χ0n) is 16.3. The predicted octanol–water partition coefficient (Wildman–Crippen LogP) is 5.66. The van der Waals surface area contributed by atoms with E-state index in [0.29, 0.717) is 11.0 Å². The molecule has 2 heterocycles. The Labute approximate surface area is 174 Å². The first-order chi connectivity index (χ1) is 14.3. The lowest BCUT2D eigenvalue weighted by Gasteiger charge is -2.06. The molecule has 0 aliphatic heterocycles. The van der Waals surface area contributed by atoms with Gasteiger partial charge in [-0.3, -0.25) is 0 Å². The molecule has 0 aliphatic carbocycles. The van der Waals surface area contributed by atoms with Gasteiger partial charge in [0.15, 0.2) is 5.65 Å². The highest BCUT2D eigenvalue weighted by Gasteiger charge is 2.14. The Morgan fingerprint density at radius 3 is 2.83 bits per heavy atom. The minimum Gasteiger partial charge on any atom is -0.324 e. The maximum Gasteiger partial charge on any atom is 0.265 e. The van der Waals surface area contributed by atoms with Crippen LogP contribution in [0.5, 0.6) is 0 Å². The molecular weight excluding hydrogens is 384 g/mol. The molecule has 29 heavy (non-hydrogen) atoms. The normalized spacial score (nSPS) is 11.7. The molecule has 0 bridgehead atoms. The Kier molecular flexibility index (Phi) is 6.00. The van der Waals surface area contributed by atoms with Crippen LogP contribution in [-0.4, -0.2) is 26.0 Å². The van der Waals surface area contributed by atoms with Crippen molar-refractivity contribution in [2.24, 2.45) is 5.10 Å². The second kappa shape index (κ2) is 9.01. The van der Waals surface area contributed by atoms with E-state index in [1.165, 1.54) is 19.3 Å². The molecule has 0 saturated heterocycles. The molecule has 2 aromatic carbocycles. The van der Waals surface area contributed by atoms with Gasteiger partial charge in [-0.05, 0) is 30.2 Å². The highest BCUT2D eigenvalue weighted by Crippen LogP contribution is 2.26. The summed E-state index contributed by atoms with van der Waals surface area (Å²) in [4.78, 5) is 4.70. The summed E-state index contributed by atoms with van der Waals surface area (Å²) in [6.45, 7) is 3.13. The average Bonchev–Trinajstić information content (AvgIpc) is 3.04. The minimum absolute atomic E-state index is 0.369. The molecule has 1 N–H and O–H groups in total. The number of aryl methyl sites for hydroxylation is 1. The predicted molar refractivity (Wildman–Crippen MR) is 120 cm³/mol. The fourth-order valence-electron chi connectivity index (χ4n) is 3.43. The Balaban J connectivity index is 1.62. The summed E-state index contributed by atoms with van der Waals surface area (Å²) in [5.41, 5.74) is 6.56. The molecule has 148 valence electrons. The van der Waals surface area contributed by atoms with Crippen molar-refractivity contribution < 1.29 is 0 Å². The number of benzene rings is 2. The lowest BCUT2D eigenvalue weighted by Crippen LogP contribution is -2.03. The van der Waals surface area contributed by atoms with Crippen LogP contribution >= 0.6 is 11.6 Å². The smallest absolute Gasteiger partial charge is 0.265 e. The van der Waals surface area contributed by atoms with Gasteiger partial charge in [-0.25, -0.2) is 5.43 Å². The van der Waals surface area contributed by atoms with Crippen LogP contribution in [0.2, 0.25) is 5.02 Å². The number of anilines is 1. The molecule has 0 aliphatic rings. The number of aromatic nitrogens is 4. The molecule has 0 radical (unpaired) electrons. The van der Waals surface area contributed by atoms with Crippen molar-refractivity contribution in [1.82, 2.24) is 19.7 Å². The molecule has 4 rings (SSSR count). The molecule has 0 unspecified atom stereocenters. The highest BCUT2D eigenvalue weighted by molar-refractivity contribution is 6.30. The molecule has 2 aromatic heterocycles. The van der Waals surface area contributed by atoms with Crippen molar-refractivity contribution >= 4 is 45.8 Å². The number of rotatable bonds is 8. The number of hydrogen-bond donors (Lipinski definition) is 1. The summed E-state index contributed by atoms with van der Waals surface area (Å²) < 4.78 is 2.24.